The molecule has 0 saturated carbocycles. The summed E-state index contributed by atoms with van der Waals surface area (Å²) in [5, 5.41) is 0. The molecule has 0 spiro atoms. The van der Waals surface area contributed by atoms with E-state index in [9.17, 15) is 9.59 Å². The third kappa shape index (κ3) is 3.53. The molecule has 0 aromatic heterocycles. The van der Waals surface area contributed by atoms with Crippen molar-refractivity contribution in [3.05, 3.63) is 63.1 Å². The zero-order valence-electron chi connectivity index (χ0n) is 12.9. The minimum atomic E-state index is 0.0260. The Morgan fingerprint density at radius 3 is 2.78 bits per heavy atom. The smallest absolute Gasteiger partial charge is 0.163 e. The molecule has 1 aliphatic carbocycles. The number of aryl methyl sites for hydroxylation is 1. The zero-order chi connectivity index (χ0) is 16.4. The molecule has 2 aromatic carbocycles. The summed E-state index contributed by atoms with van der Waals surface area (Å²) in [4.78, 5) is 23.5. The quantitative estimate of drug-likeness (QED) is 0.727. The summed E-state index contributed by atoms with van der Waals surface area (Å²) >= 11 is 3.48. The van der Waals surface area contributed by atoms with Crippen LogP contribution in [0.25, 0.3) is 0 Å². The average molecular weight is 373 g/mol. The number of hydrogen-bond acceptors (Lipinski definition) is 3. The van der Waals surface area contributed by atoms with Gasteiger partial charge in [-0.2, -0.15) is 0 Å². The van der Waals surface area contributed by atoms with Crippen LogP contribution >= 0.6 is 15.9 Å². The molecule has 0 N–H and O–H groups in total. The predicted molar refractivity (Wildman–Crippen MR) is 92.2 cm³/mol. The van der Waals surface area contributed by atoms with Crippen LogP contribution in [-0.2, 0) is 13.0 Å². The lowest BCUT2D eigenvalue weighted by Gasteiger charge is -2.16. The topological polar surface area (TPSA) is 43.4 Å². The van der Waals surface area contributed by atoms with Crippen molar-refractivity contribution in [3.8, 4) is 5.75 Å². The minimum Gasteiger partial charge on any atom is -0.489 e. The Kier molecular flexibility index (Phi) is 4.62. The van der Waals surface area contributed by atoms with Crippen molar-refractivity contribution in [2.75, 3.05) is 0 Å². The molecule has 0 amide bonds. The standard InChI is InChI=1S/C19H17BrO3/c1-12(21)14-6-8-18(20)15(9-14)11-23-16-7-5-13-3-2-4-19(22)17(13)10-16/h5-10H,2-4,11H2,1H3. The SMILES string of the molecule is CC(=O)c1ccc(Br)c(COc2ccc3c(c2)C(=O)CCC3)c1. The number of rotatable bonds is 4. The summed E-state index contributed by atoms with van der Waals surface area (Å²) in [5.41, 5.74) is 3.45. The molecule has 118 valence electrons. The number of Topliss-reactive ketones (excluding diaryl/α,β-unsaturated/α-hetero) is 2. The maximum absolute atomic E-state index is 12.0. The predicted octanol–water partition coefficient (Wildman–Crippen LogP) is 4.75. The van der Waals surface area contributed by atoms with Crippen LogP contribution in [0.5, 0.6) is 5.75 Å². The van der Waals surface area contributed by atoms with Gasteiger partial charge in [-0.25, -0.2) is 0 Å². The van der Waals surface area contributed by atoms with Gasteiger partial charge in [0.1, 0.15) is 12.4 Å². The van der Waals surface area contributed by atoms with Crippen LogP contribution in [0.1, 0.15) is 51.6 Å². The zero-order valence-corrected chi connectivity index (χ0v) is 14.5. The van der Waals surface area contributed by atoms with Gasteiger partial charge in [-0.3, -0.25) is 9.59 Å². The molecule has 4 heteroatoms. The van der Waals surface area contributed by atoms with Crippen LogP contribution < -0.4 is 4.74 Å². The fourth-order valence-electron chi connectivity index (χ4n) is 2.76. The first-order chi connectivity index (χ1) is 11.0. The third-order valence-electron chi connectivity index (χ3n) is 4.08. The van der Waals surface area contributed by atoms with Crippen molar-refractivity contribution in [1.82, 2.24) is 0 Å². The lowest BCUT2D eigenvalue weighted by molar-refractivity contribution is 0.0970. The molecule has 0 bridgehead atoms. The largest absolute Gasteiger partial charge is 0.489 e. The van der Waals surface area contributed by atoms with Crippen molar-refractivity contribution >= 4 is 27.5 Å². The molecule has 3 nitrogen and oxygen atoms in total. The van der Waals surface area contributed by atoms with Gasteiger partial charge in [-0.1, -0.05) is 28.1 Å². The van der Waals surface area contributed by atoms with Gasteiger partial charge in [0.05, 0.1) is 0 Å². The highest BCUT2D eigenvalue weighted by Crippen LogP contribution is 2.27. The summed E-state index contributed by atoms with van der Waals surface area (Å²) in [6.07, 6.45) is 2.49. The second-order valence-corrected chi connectivity index (χ2v) is 6.60. The van der Waals surface area contributed by atoms with Gasteiger partial charge in [-0.15, -0.1) is 0 Å². The van der Waals surface area contributed by atoms with E-state index in [1.165, 1.54) is 0 Å². The van der Waals surface area contributed by atoms with Gasteiger partial charge in [0.25, 0.3) is 0 Å². The van der Waals surface area contributed by atoms with E-state index in [0.29, 0.717) is 24.3 Å². The van der Waals surface area contributed by atoms with E-state index in [2.05, 4.69) is 15.9 Å². The summed E-state index contributed by atoms with van der Waals surface area (Å²) in [6.45, 7) is 1.89. The van der Waals surface area contributed by atoms with E-state index in [-0.39, 0.29) is 11.6 Å². The molecular weight excluding hydrogens is 356 g/mol. The average Bonchev–Trinajstić information content (AvgIpc) is 2.54. The molecule has 0 atom stereocenters. The molecule has 2 aromatic rings. The van der Waals surface area contributed by atoms with E-state index < -0.39 is 0 Å². The highest BCUT2D eigenvalue weighted by atomic mass is 79.9. The minimum absolute atomic E-state index is 0.0260. The van der Waals surface area contributed by atoms with E-state index >= 15 is 0 Å². The maximum atomic E-state index is 12.0. The summed E-state index contributed by atoms with van der Waals surface area (Å²) in [7, 11) is 0. The first kappa shape index (κ1) is 15.9. The molecule has 0 saturated heterocycles. The Bertz CT molecular complexity index is 780. The monoisotopic (exact) mass is 372 g/mol. The molecule has 1 aliphatic rings. The van der Waals surface area contributed by atoms with Gasteiger partial charge in [0, 0.05) is 27.6 Å². The fourth-order valence-corrected chi connectivity index (χ4v) is 3.12. The number of ketones is 2. The van der Waals surface area contributed by atoms with E-state index in [4.69, 9.17) is 4.74 Å². The van der Waals surface area contributed by atoms with E-state index in [0.717, 1.165) is 34.0 Å². The first-order valence-electron chi connectivity index (χ1n) is 7.63. The lowest BCUT2D eigenvalue weighted by atomic mass is 9.90. The fraction of sp³-hybridized carbons (Fsp3) is 0.263. The lowest BCUT2D eigenvalue weighted by Crippen LogP contribution is -2.11. The second-order valence-electron chi connectivity index (χ2n) is 5.75. The number of halogens is 1. The van der Waals surface area contributed by atoms with Crippen molar-refractivity contribution in [2.45, 2.75) is 32.8 Å². The van der Waals surface area contributed by atoms with Crippen LogP contribution in [0.2, 0.25) is 0 Å². The van der Waals surface area contributed by atoms with Crippen LogP contribution in [0.3, 0.4) is 0 Å². The maximum Gasteiger partial charge on any atom is 0.163 e. The Labute approximate surface area is 143 Å². The first-order valence-corrected chi connectivity index (χ1v) is 8.42. The number of benzene rings is 2. The normalized spacial score (nSPS) is 13.6. The van der Waals surface area contributed by atoms with Crippen molar-refractivity contribution in [1.29, 1.82) is 0 Å². The molecular formula is C19H17BrO3. The molecule has 0 fully saturated rings. The number of fused-ring (bicyclic) bond motifs is 1. The number of carbonyl (C=O) groups is 2. The second kappa shape index (κ2) is 6.67. The number of hydrogen-bond donors (Lipinski definition) is 0. The molecule has 0 aliphatic heterocycles. The van der Waals surface area contributed by atoms with Crippen LogP contribution in [0.15, 0.2) is 40.9 Å². The Morgan fingerprint density at radius 2 is 2.00 bits per heavy atom. The highest BCUT2D eigenvalue weighted by Gasteiger charge is 2.17. The Balaban J connectivity index is 1.79. The molecule has 0 radical (unpaired) electrons. The third-order valence-corrected chi connectivity index (χ3v) is 4.85. The molecule has 23 heavy (non-hydrogen) atoms. The van der Waals surface area contributed by atoms with Gasteiger partial charge in [-0.05, 0) is 49.6 Å². The van der Waals surface area contributed by atoms with Crippen LogP contribution in [-0.4, -0.2) is 11.6 Å². The Morgan fingerprint density at radius 1 is 1.17 bits per heavy atom. The summed E-state index contributed by atoms with van der Waals surface area (Å²) < 4.78 is 6.73. The van der Waals surface area contributed by atoms with E-state index in [1.54, 1.807) is 13.0 Å². The molecule has 3 rings (SSSR count). The molecule has 0 unspecified atom stereocenters. The van der Waals surface area contributed by atoms with Crippen LogP contribution in [0.4, 0.5) is 0 Å². The van der Waals surface area contributed by atoms with Gasteiger partial charge in [0.2, 0.25) is 0 Å². The Hall–Kier alpha value is -1.94. The summed E-state index contributed by atoms with van der Waals surface area (Å²) in [5.74, 6) is 0.897. The number of carbonyl (C=O) groups excluding carboxylic acids is 2. The highest BCUT2D eigenvalue weighted by molar-refractivity contribution is 9.10. The number of ether oxygens (including phenoxy) is 1. The van der Waals surface area contributed by atoms with Crippen molar-refractivity contribution < 1.29 is 14.3 Å². The van der Waals surface area contributed by atoms with Gasteiger partial charge < -0.3 is 4.74 Å². The van der Waals surface area contributed by atoms with Crippen LogP contribution in [0, 0.1) is 0 Å². The summed E-state index contributed by atoms with van der Waals surface area (Å²) in [6, 6.07) is 11.2. The van der Waals surface area contributed by atoms with Gasteiger partial charge in [0.15, 0.2) is 11.6 Å². The molecule has 0 heterocycles. The van der Waals surface area contributed by atoms with E-state index in [1.807, 2.05) is 30.3 Å². The van der Waals surface area contributed by atoms with Crippen molar-refractivity contribution in [2.24, 2.45) is 0 Å². The van der Waals surface area contributed by atoms with Crippen molar-refractivity contribution in [3.63, 3.8) is 0 Å². The van der Waals surface area contributed by atoms with Gasteiger partial charge >= 0.3 is 0 Å².